The second-order valence-electron chi connectivity index (χ2n) is 3.60. The molecule has 0 saturated carbocycles. The van der Waals surface area contributed by atoms with E-state index in [1.807, 2.05) is 0 Å². The Morgan fingerprint density at radius 3 is 2.00 bits per heavy atom. The van der Waals surface area contributed by atoms with Crippen LogP contribution in [-0.2, 0) is 29.2 Å². The van der Waals surface area contributed by atoms with Crippen molar-refractivity contribution in [3.63, 3.8) is 0 Å². The van der Waals surface area contributed by atoms with Gasteiger partial charge in [-0.3, -0.25) is 14.1 Å². The van der Waals surface area contributed by atoms with Gasteiger partial charge in [0.05, 0.1) is 19.6 Å². The Kier molecular flexibility index (Phi) is 11.8. The van der Waals surface area contributed by atoms with Crippen LogP contribution in [0.25, 0.3) is 0 Å². The summed E-state index contributed by atoms with van der Waals surface area (Å²) in [7, 11) is -4.69. The first kappa shape index (κ1) is 21.2. The zero-order chi connectivity index (χ0) is 14.2. The average Bonchev–Trinajstić information content (AvgIpc) is 2.28. The van der Waals surface area contributed by atoms with Crippen molar-refractivity contribution in [1.29, 1.82) is 0 Å². The maximum absolute atomic E-state index is 11.4. The van der Waals surface area contributed by atoms with Crippen molar-refractivity contribution in [3.05, 3.63) is 0 Å². The van der Waals surface area contributed by atoms with Gasteiger partial charge in [-0.15, -0.1) is 0 Å². The van der Waals surface area contributed by atoms with Gasteiger partial charge in [0, 0.05) is 29.6 Å². The third kappa shape index (κ3) is 9.39. The number of carbonyl (C=O) groups is 2. The Hall–Kier alpha value is -0.150. The van der Waals surface area contributed by atoms with E-state index in [1.165, 1.54) is 0 Å². The topological polar surface area (TPSA) is 107 Å². The maximum atomic E-state index is 11.4. The van der Waals surface area contributed by atoms with Crippen molar-refractivity contribution >= 4 is 51.6 Å². The van der Waals surface area contributed by atoms with Crippen LogP contribution in [0.1, 0.15) is 33.1 Å². The Morgan fingerprint density at radius 2 is 1.58 bits per heavy atom. The summed E-state index contributed by atoms with van der Waals surface area (Å²) in [4.78, 5) is 22.6. The first-order valence-corrected chi connectivity index (χ1v) is 7.11. The fourth-order valence-electron chi connectivity index (χ4n) is 1.03. The summed E-state index contributed by atoms with van der Waals surface area (Å²) in [5.41, 5.74) is 0. The predicted molar refractivity (Wildman–Crippen MR) is 68.2 cm³/mol. The van der Waals surface area contributed by atoms with E-state index < -0.39 is 33.7 Å². The van der Waals surface area contributed by atoms with E-state index >= 15 is 0 Å². The molecule has 0 heterocycles. The molecule has 0 aromatic rings. The van der Waals surface area contributed by atoms with Crippen LogP contribution in [0, 0.1) is 0 Å². The Morgan fingerprint density at radius 1 is 1.11 bits per heavy atom. The molecule has 0 spiro atoms. The summed E-state index contributed by atoms with van der Waals surface area (Å²) in [5.74, 6) is -2.01. The zero-order valence-electron chi connectivity index (χ0n) is 11.4. The summed E-state index contributed by atoms with van der Waals surface area (Å²) in [6.07, 6.45) is 0.328. The van der Waals surface area contributed by atoms with Crippen LogP contribution in [0.4, 0.5) is 0 Å². The molecule has 7 nitrogen and oxygen atoms in total. The molecule has 0 fully saturated rings. The molecular formula is C10H18NaO7S. The number of rotatable bonds is 8. The van der Waals surface area contributed by atoms with Crippen LogP contribution >= 0.6 is 0 Å². The van der Waals surface area contributed by atoms with Crippen molar-refractivity contribution < 1.29 is 32.0 Å². The molecule has 0 amide bonds. The minimum absolute atomic E-state index is 0. The van der Waals surface area contributed by atoms with Crippen LogP contribution < -0.4 is 0 Å². The van der Waals surface area contributed by atoms with Gasteiger partial charge in [-0.25, -0.2) is 0 Å². The summed E-state index contributed by atoms with van der Waals surface area (Å²) >= 11 is 0. The van der Waals surface area contributed by atoms with E-state index in [4.69, 9.17) is 4.55 Å². The quantitative estimate of drug-likeness (QED) is 0.386. The van der Waals surface area contributed by atoms with Crippen LogP contribution in [0.3, 0.4) is 0 Å². The first-order chi connectivity index (χ1) is 8.32. The summed E-state index contributed by atoms with van der Waals surface area (Å²) in [5, 5.41) is -1.92. The Labute approximate surface area is 135 Å². The van der Waals surface area contributed by atoms with Gasteiger partial charge in [0.1, 0.15) is 0 Å². The summed E-state index contributed by atoms with van der Waals surface area (Å²) < 4.78 is 40.1. The number of ether oxygens (including phenoxy) is 2. The predicted octanol–water partition coefficient (Wildman–Crippen LogP) is 0.159. The second-order valence-corrected chi connectivity index (χ2v) is 5.19. The van der Waals surface area contributed by atoms with E-state index in [9.17, 15) is 18.0 Å². The van der Waals surface area contributed by atoms with Crippen LogP contribution in [0.2, 0.25) is 0 Å². The normalized spacial score (nSPS) is 12.2. The van der Waals surface area contributed by atoms with Crippen molar-refractivity contribution in [2.24, 2.45) is 0 Å². The first-order valence-electron chi connectivity index (χ1n) is 5.61. The number of esters is 2. The number of carbonyl (C=O) groups excluding carboxylic acids is 2. The van der Waals surface area contributed by atoms with E-state index in [0.717, 1.165) is 0 Å². The largest absolute Gasteiger partial charge is 0.466 e. The molecule has 1 radical (unpaired) electrons. The second kappa shape index (κ2) is 10.6. The molecule has 0 aliphatic carbocycles. The van der Waals surface area contributed by atoms with Gasteiger partial charge in [0.2, 0.25) is 0 Å². The molecule has 1 atom stereocenters. The third-order valence-corrected chi connectivity index (χ3v) is 2.97. The van der Waals surface area contributed by atoms with Gasteiger partial charge < -0.3 is 9.47 Å². The van der Waals surface area contributed by atoms with Crippen molar-refractivity contribution in [1.82, 2.24) is 0 Å². The molecule has 19 heavy (non-hydrogen) atoms. The molecule has 0 saturated heterocycles. The molecule has 1 N–H and O–H groups in total. The molecule has 0 bridgehead atoms. The third-order valence-electron chi connectivity index (χ3n) is 1.89. The molecule has 0 aromatic heterocycles. The fourth-order valence-corrected chi connectivity index (χ4v) is 1.69. The Bertz CT molecular complexity index is 379. The van der Waals surface area contributed by atoms with Gasteiger partial charge in [0.25, 0.3) is 10.1 Å². The standard InChI is InChI=1S/C10H18O7S.Na/c1-3-5-16-9(11)7-8(18(13,14)15)10(12)17-6-4-2;/h8H,3-7H2,1-2H3,(H,13,14,15);. The molecule has 0 rings (SSSR count). The number of hydrogen-bond donors (Lipinski definition) is 1. The van der Waals surface area contributed by atoms with E-state index in [2.05, 4.69) is 9.47 Å². The Balaban J connectivity index is 0. The molecule has 9 heteroatoms. The van der Waals surface area contributed by atoms with Gasteiger partial charge in [-0.05, 0) is 12.8 Å². The molecule has 1 unspecified atom stereocenters. The van der Waals surface area contributed by atoms with Crippen molar-refractivity contribution in [3.8, 4) is 0 Å². The van der Waals surface area contributed by atoms with E-state index in [1.54, 1.807) is 13.8 Å². The molecule has 0 aliphatic rings. The van der Waals surface area contributed by atoms with Gasteiger partial charge in [0.15, 0.2) is 5.25 Å². The maximum Gasteiger partial charge on any atom is 0.327 e. The average molecular weight is 305 g/mol. The summed E-state index contributed by atoms with van der Waals surface area (Å²) in [6.45, 7) is 3.64. The van der Waals surface area contributed by atoms with Crippen molar-refractivity contribution in [2.45, 2.75) is 38.4 Å². The van der Waals surface area contributed by atoms with Crippen LogP contribution in [-0.4, -0.2) is 72.9 Å². The van der Waals surface area contributed by atoms with E-state index in [0.29, 0.717) is 12.8 Å². The molecule has 0 aromatic carbocycles. The monoisotopic (exact) mass is 305 g/mol. The van der Waals surface area contributed by atoms with Crippen molar-refractivity contribution in [2.75, 3.05) is 13.2 Å². The van der Waals surface area contributed by atoms with Crippen LogP contribution in [0.5, 0.6) is 0 Å². The zero-order valence-corrected chi connectivity index (χ0v) is 14.2. The minimum Gasteiger partial charge on any atom is -0.466 e. The molecule has 107 valence electrons. The molecule has 0 aliphatic heterocycles. The SMILES string of the molecule is CCCOC(=O)CC(C(=O)OCCC)S(=O)(=O)O.[Na]. The van der Waals surface area contributed by atoms with E-state index in [-0.39, 0.29) is 42.8 Å². The fraction of sp³-hybridized carbons (Fsp3) is 0.800. The summed E-state index contributed by atoms with van der Waals surface area (Å²) in [6, 6.07) is 0. The minimum atomic E-state index is -4.69. The smallest absolute Gasteiger partial charge is 0.327 e. The van der Waals surface area contributed by atoms with Gasteiger partial charge in [-0.1, -0.05) is 13.8 Å². The molecular weight excluding hydrogens is 287 g/mol. The van der Waals surface area contributed by atoms with Crippen LogP contribution in [0.15, 0.2) is 0 Å². The number of hydrogen-bond acceptors (Lipinski definition) is 6. The van der Waals surface area contributed by atoms with Gasteiger partial charge in [-0.2, -0.15) is 8.42 Å². The van der Waals surface area contributed by atoms with Gasteiger partial charge >= 0.3 is 11.9 Å².